The van der Waals surface area contributed by atoms with Crippen LogP contribution in [0.5, 0.6) is 5.75 Å². The van der Waals surface area contributed by atoms with Crippen LogP contribution in [0.15, 0.2) is 77.6 Å². The van der Waals surface area contributed by atoms with Crippen molar-refractivity contribution in [1.82, 2.24) is 0 Å². The zero-order chi connectivity index (χ0) is 17.8. The van der Waals surface area contributed by atoms with Crippen LogP contribution in [0.2, 0.25) is 0 Å². The minimum absolute atomic E-state index is 0.272. The van der Waals surface area contributed by atoms with Crippen LogP contribution in [0.4, 0.5) is 0 Å². The van der Waals surface area contributed by atoms with Crippen molar-refractivity contribution in [3.63, 3.8) is 0 Å². The second-order valence-corrected chi connectivity index (χ2v) is 5.34. The Bertz CT molecular complexity index is 977. The first-order valence-electron chi connectivity index (χ1n) is 7.60. The number of aliphatic hydroxyl groups excluding tert-OH is 1. The Morgan fingerprint density at radius 1 is 0.920 bits per heavy atom. The van der Waals surface area contributed by atoms with Gasteiger partial charge in [0.1, 0.15) is 5.75 Å². The molecule has 0 aliphatic carbocycles. The Labute approximate surface area is 144 Å². The second kappa shape index (κ2) is 6.97. The molecule has 0 atom stereocenters. The lowest BCUT2D eigenvalue weighted by atomic mass is 9.98. The lowest BCUT2D eigenvalue weighted by Gasteiger charge is -2.10. The molecule has 0 radical (unpaired) electrons. The van der Waals surface area contributed by atoms with Crippen molar-refractivity contribution < 1.29 is 14.6 Å². The molecule has 0 unspecified atom stereocenters. The Morgan fingerprint density at radius 2 is 1.56 bits per heavy atom. The molecule has 124 valence electrons. The average molecular weight is 333 g/mol. The average Bonchev–Trinajstić information content (AvgIpc) is 2.68. The molecule has 1 N–H and O–H groups in total. The van der Waals surface area contributed by atoms with Crippen LogP contribution < -0.4 is 4.74 Å². The molecule has 0 spiro atoms. The third kappa shape index (κ3) is 2.99. The molecule has 0 aromatic heterocycles. The molecule has 0 aliphatic heterocycles. The van der Waals surface area contributed by atoms with Gasteiger partial charge in [-0.05, 0) is 22.7 Å². The van der Waals surface area contributed by atoms with Gasteiger partial charge in [0.15, 0.2) is 11.5 Å². The predicted octanol–water partition coefficient (Wildman–Crippen LogP) is 4.72. The van der Waals surface area contributed by atoms with Gasteiger partial charge >= 0.3 is 0 Å². The SMILES string of the molecule is COc1ccc(C(=O)/C(N=O)=C(\O)c2ccccc2)c2ccccc12. The highest BCUT2D eigenvalue weighted by Crippen LogP contribution is 2.31. The van der Waals surface area contributed by atoms with E-state index in [9.17, 15) is 14.8 Å². The van der Waals surface area contributed by atoms with E-state index >= 15 is 0 Å². The van der Waals surface area contributed by atoms with E-state index in [1.165, 1.54) is 0 Å². The lowest BCUT2D eigenvalue weighted by molar-refractivity contribution is 0.103. The predicted molar refractivity (Wildman–Crippen MR) is 96.6 cm³/mol. The van der Waals surface area contributed by atoms with E-state index in [1.54, 1.807) is 61.7 Å². The number of hydrogen-bond acceptors (Lipinski definition) is 5. The number of methoxy groups -OCH3 is 1. The molecule has 0 bridgehead atoms. The van der Waals surface area contributed by atoms with E-state index in [4.69, 9.17) is 4.74 Å². The third-order valence-corrected chi connectivity index (χ3v) is 3.93. The van der Waals surface area contributed by atoms with Gasteiger partial charge in [-0.15, -0.1) is 4.91 Å². The quantitative estimate of drug-likeness (QED) is 0.317. The zero-order valence-electron chi connectivity index (χ0n) is 13.5. The molecule has 25 heavy (non-hydrogen) atoms. The topological polar surface area (TPSA) is 76.0 Å². The number of ether oxygens (including phenoxy) is 1. The Kier molecular flexibility index (Phi) is 4.57. The molecular weight excluding hydrogens is 318 g/mol. The first-order chi connectivity index (χ1) is 12.2. The summed E-state index contributed by atoms with van der Waals surface area (Å²) < 4.78 is 5.31. The second-order valence-electron chi connectivity index (χ2n) is 5.34. The summed E-state index contributed by atoms with van der Waals surface area (Å²) in [6.07, 6.45) is 0. The van der Waals surface area contributed by atoms with Crippen molar-refractivity contribution in [3.8, 4) is 5.75 Å². The summed E-state index contributed by atoms with van der Waals surface area (Å²) in [4.78, 5) is 24.1. The van der Waals surface area contributed by atoms with E-state index < -0.39 is 17.2 Å². The molecular formula is C20H15NO4. The van der Waals surface area contributed by atoms with Crippen molar-refractivity contribution in [2.45, 2.75) is 0 Å². The summed E-state index contributed by atoms with van der Waals surface area (Å²) in [7, 11) is 1.54. The number of ketones is 1. The smallest absolute Gasteiger partial charge is 0.219 e. The maximum Gasteiger partial charge on any atom is 0.219 e. The molecule has 3 aromatic carbocycles. The standard InChI is InChI=1S/C20H15NO4/c1-25-17-12-11-16(14-9-5-6-10-15(14)17)20(23)18(21-24)19(22)13-7-3-2-4-8-13/h2-12,22H,1H3/b19-18+. The summed E-state index contributed by atoms with van der Waals surface area (Å²) in [5, 5.41) is 14.5. The third-order valence-electron chi connectivity index (χ3n) is 3.93. The summed E-state index contributed by atoms with van der Waals surface area (Å²) in [6.45, 7) is 0. The van der Waals surface area contributed by atoms with Gasteiger partial charge in [-0.25, -0.2) is 0 Å². The van der Waals surface area contributed by atoms with Gasteiger partial charge in [-0.1, -0.05) is 54.6 Å². The van der Waals surface area contributed by atoms with Gasteiger partial charge in [0.25, 0.3) is 0 Å². The number of benzene rings is 3. The summed E-state index contributed by atoms with van der Waals surface area (Å²) in [5.41, 5.74) is 0.0956. The zero-order valence-corrected chi connectivity index (χ0v) is 13.5. The first kappa shape index (κ1) is 16.4. The van der Waals surface area contributed by atoms with Crippen LogP contribution in [-0.4, -0.2) is 18.0 Å². The number of nitrogens with zero attached hydrogens (tertiary/aromatic N) is 1. The molecule has 3 rings (SSSR count). The van der Waals surface area contributed by atoms with E-state index in [0.717, 1.165) is 5.39 Å². The Balaban J connectivity index is 2.18. The van der Waals surface area contributed by atoms with Crippen molar-refractivity contribution in [3.05, 3.63) is 88.5 Å². The molecule has 5 heteroatoms. The fourth-order valence-electron chi connectivity index (χ4n) is 2.70. The maximum atomic E-state index is 12.9. The van der Waals surface area contributed by atoms with Gasteiger partial charge in [-0.3, -0.25) is 4.79 Å². The molecule has 0 amide bonds. The fourth-order valence-corrected chi connectivity index (χ4v) is 2.70. The number of hydrogen-bond donors (Lipinski definition) is 1. The highest BCUT2D eigenvalue weighted by molar-refractivity contribution is 6.19. The summed E-state index contributed by atoms with van der Waals surface area (Å²) in [6, 6.07) is 18.8. The van der Waals surface area contributed by atoms with Crippen LogP contribution in [-0.2, 0) is 0 Å². The van der Waals surface area contributed by atoms with Crippen LogP contribution in [0.3, 0.4) is 0 Å². The van der Waals surface area contributed by atoms with Crippen LogP contribution in [0.25, 0.3) is 16.5 Å². The summed E-state index contributed by atoms with van der Waals surface area (Å²) >= 11 is 0. The fraction of sp³-hybridized carbons (Fsp3) is 0.0500. The van der Waals surface area contributed by atoms with Crippen molar-refractivity contribution >= 4 is 22.3 Å². The van der Waals surface area contributed by atoms with E-state index in [2.05, 4.69) is 5.18 Å². The lowest BCUT2D eigenvalue weighted by Crippen LogP contribution is -2.06. The van der Waals surface area contributed by atoms with Crippen molar-refractivity contribution in [2.24, 2.45) is 5.18 Å². The normalized spacial score (nSPS) is 11.7. The molecule has 0 saturated carbocycles. The van der Waals surface area contributed by atoms with E-state index in [0.29, 0.717) is 16.7 Å². The van der Waals surface area contributed by atoms with Gasteiger partial charge in [-0.2, -0.15) is 0 Å². The number of rotatable bonds is 5. The number of carbonyl (C=O) groups excluding carboxylic acids is 1. The van der Waals surface area contributed by atoms with Crippen LogP contribution in [0.1, 0.15) is 15.9 Å². The number of nitroso groups, excluding NO2 is 1. The highest BCUT2D eigenvalue weighted by Gasteiger charge is 2.22. The van der Waals surface area contributed by atoms with Crippen molar-refractivity contribution in [2.75, 3.05) is 7.11 Å². The molecule has 0 saturated heterocycles. The minimum atomic E-state index is -0.643. The minimum Gasteiger partial charge on any atom is -0.505 e. The Hall–Kier alpha value is -3.47. The largest absolute Gasteiger partial charge is 0.505 e. The van der Waals surface area contributed by atoms with Crippen LogP contribution in [0, 0.1) is 4.91 Å². The highest BCUT2D eigenvalue weighted by atomic mass is 16.5. The van der Waals surface area contributed by atoms with Crippen LogP contribution >= 0.6 is 0 Å². The monoisotopic (exact) mass is 333 g/mol. The van der Waals surface area contributed by atoms with E-state index in [1.807, 2.05) is 12.1 Å². The molecule has 5 nitrogen and oxygen atoms in total. The number of carbonyl (C=O) groups is 1. The molecule has 3 aromatic rings. The molecule has 0 aliphatic rings. The number of fused-ring (bicyclic) bond motifs is 1. The van der Waals surface area contributed by atoms with Gasteiger partial charge < -0.3 is 9.84 Å². The molecule has 0 heterocycles. The van der Waals surface area contributed by atoms with Gasteiger partial charge in [0.05, 0.1) is 7.11 Å². The van der Waals surface area contributed by atoms with Crippen molar-refractivity contribution in [1.29, 1.82) is 0 Å². The number of allylic oxidation sites excluding steroid dienone is 1. The Morgan fingerprint density at radius 3 is 2.20 bits per heavy atom. The van der Waals surface area contributed by atoms with E-state index in [-0.39, 0.29) is 5.56 Å². The maximum absolute atomic E-state index is 12.9. The van der Waals surface area contributed by atoms with Gasteiger partial charge in [0.2, 0.25) is 5.78 Å². The summed E-state index contributed by atoms with van der Waals surface area (Å²) in [5.74, 6) is -0.472. The first-order valence-corrected chi connectivity index (χ1v) is 7.60. The molecule has 0 fully saturated rings. The number of Topliss-reactive ketones (excluding diaryl/α,β-unsaturated/α-hetero) is 1. The number of aliphatic hydroxyl groups is 1. The van der Waals surface area contributed by atoms with Gasteiger partial charge in [0, 0.05) is 16.5 Å².